The maximum Gasteiger partial charge on any atom is 0.304 e. The molecule has 0 spiro atoms. The summed E-state index contributed by atoms with van der Waals surface area (Å²) in [6, 6.07) is 6.35. The van der Waals surface area contributed by atoms with E-state index >= 15 is 0 Å². The van der Waals surface area contributed by atoms with E-state index in [-0.39, 0.29) is 6.42 Å². The van der Waals surface area contributed by atoms with Crippen molar-refractivity contribution in [1.29, 1.82) is 0 Å². The number of benzene rings is 1. The Bertz CT molecular complexity index is 499. The summed E-state index contributed by atoms with van der Waals surface area (Å²) in [7, 11) is 1.94. The van der Waals surface area contributed by atoms with Crippen LogP contribution in [0.15, 0.2) is 18.2 Å². The smallest absolute Gasteiger partial charge is 0.304 e. The van der Waals surface area contributed by atoms with E-state index in [4.69, 9.17) is 9.84 Å². The normalized spacial score (nSPS) is 14.6. The Morgan fingerprint density at radius 2 is 2.09 bits per heavy atom. The van der Waals surface area contributed by atoms with Crippen LogP contribution in [-0.4, -0.2) is 49.3 Å². The predicted octanol–water partition coefficient (Wildman–Crippen LogP) is 2.59. The molecule has 1 fully saturated rings. The molecule has 0 saturated carbocycles. The maximum absolute atomic E-state index is 10.6. The Balaban J connectivity index is 2.05. The quantitative estimate of drug-likeness (QED) is 0.800. The first kappa shape index (κ1) is 16.6. The molecule has 1 heterocycles. The fourth-order valence-electron chi connectivity index (χ4n) is 2.82. The highest BCUT2D eigenvalue weighted by molar-refractivity contribution is 5.66. The highest BCUT2D eigenvalue weighted by Crippen LogP contribution is 2.32. The molecular weight excluding hydrogens is 280 g/mol. The van der Waals surface area contributed by atoms with Gasteiger partial charge in [-0.3, -0.25) is 4.79 Å². The lowest BCUT2D eigenvalue weighted by atomic mass is 10.1. The van der Waals surface area contributed by atoms with Gasteiger partial charge >= 0.3 is 5.97 Å². The largest absolute Gasteiger partial charge is 0.492 e. The molecule has 5 nitrogen and oxygen atoms in total. The summed E-state index contributed by atoms with van der Waals surface area (Å²) in [5, 5.41) is 8.75. The average Bonchev–Trinajstić information content (AvgIpc) is 3.00. The summed E-state index contributed by atoms with van der Waals surface area (Å²) in [4.78, 5) is 15.0. The zero-order chi connectivity index (χ0) is 15.9. The number of carboxylic acid groups (broad SMARTS) is 1. The van der Waals surface area contributed by atoms with Crippen molar-refractivity contribution in [3.8, 4) is 5.75 Å². The van der Waals surface area contributed by atoms with Crippen LogP contribution in [0.2, 0.25) is 0 Å². The van der Waals surface area contributed by atoms with Crippen molar-refractivity contribution in [3.63, 3.8) is 0 Å². The van der Waals surface area contributed by atoms with Crippen molar-refractivity contribution in [2.45, 2.75) is 32.7 Å². The molecule has 0 bridgehead atoms. The van der Waals surface area contributed by atoms with Crippen LogP contribution in [0.1, 0.15) is 31.7 Å². The monoisotopic (exact) mass is 306 g/mol. The Hall–Kier alpha value is -1.75. The molecule has 1 N–H and O–H groups in total. The van der Waals surface area contributed by atoms with Gasteiger partial charge in [0.15, 0.2) is 0 Å². The molecule has 1 aromatic carbocycles. The molecule has 0 radical (unpaired) electrons. The zero-order valence-corrected chi connectivity index (χ0v) is 13.5. The van der Waals surface area contributed by atoms with E-state index in [2.05, 4.69) is 23.1 Å². The molecule has 0 unspecified atom stereocenters. The predicted molar refractivity (Wildman–Crippen MR) is 87.6 cm³/mol. The number of rotatable bonds is 8. The van der Waals surface area contributed by atoms with E-state index in [9.17, 15) is 4.79 Å². The fourth-order valence-corrected chi connectivity index (χ4v) is 2.82. The fraction of sp³-hybridized carbons (Fsp3) is 0.588. The summed E-state index contributed by atoms with van der Waals surface area (Å²) in [6.07, 6.45) is 2.65. The van der Waals surface area contributed by atoms with Gasteiger partial charge in [-0.25, -0.2) is 0 Å². The van der Waals surface area contributed by atoms with Gasteiger partial charge in [0, 0.05) is 26.2 Å². The van der Waals surface area contributed by atoms with Gasteiger partial charge in [0.2, 0.25) is 0 Å². The molecular formula is C17H26N2O3. The number of hydrogen-bond donors (Lipinski definition) is 1. The Kier molecular flexibility index (Phi) is 6.07. The topological polar surface area (TPSA) is 53.0 Å². The van der Waals surface area contributed by atoms with Crippen LogP contribution in [0.4, 0.5) is 5.69 Å². The molecule has 0 amide bonds. The third kappa shape index (κ3) is 4.63. The number of carbonyl (C=O) groups is 1. The molecule has 0 aliphatic carbocycles. The molecule has 5 heteroatoms. The highest BCUT2D eigenvalue weighted by Gasteiger charge is 2.17. The zero-order valence-electron chi connectivity index (χ0n) is 13.5. The van der Waals surface area contributed by atoms with E-state index < -0.39 is 5.97 Å². The van der Waals surface area contributed by atoms with E-state index in [1.54, 1.807) is 0 Å². The van der Waals surface area contributed by atoms with Crippen molar-refractivity contribution in [2.75, 3.05) is 38.2 Å². The number of anilines is 1. The van der Waals surface area contributed by atoms with Crippen LogP contribution in [0.5, 0.6) is 5.75 Å². The molecule has 1 aliphatic heterocycles. The van der Waals surface area contributed by atoms with Crippen molar-refractivity contribution < 1.29 is 14.6 Å². The van der Waals surface area contributed by atoms with Gasteiger partial charge in [-0.2, -0.15) is 0 Å². The van der Waals surface area contributed by atoms with E-state index in [1.165, 1.54) is 18.5 Å². The molecule has 2 rings (SSSR count). The third-order valence-electron chi connectivity index (χ3n) is 3.93. The Labute approximate surface area is 132 Å². The van der Waals surface area contributed by atoms with Crippen molar-refractivity contribution in [3.05, 3.63) is 23.8 Å². The maximum atomic E-state index is 10.6. The van der Waals surface area contributed by atoms with Gasteiger partial charge in [0.1, 0.15) is 5.75 Å². The SMILES string of the molecule is CCOc1cc(CN(C)CCC(=O)O)ccc1N1CCCC1. The van der Waals surface area contributed by atoms with Crippen LogP contribution < -0.4 is 9.64 Å². The lowest BCUT2D eigenvalue weighted by Crippen LogP contribution is -2.22. The second kappa shape index (κ2) is 8.03. The summed E-state index contributed by atoms with van der Waals surface area (Å²) in [5.41, 5.74) is 2.33. The highest BCUT2D eigenvalue weighted by atomic mass is 16.5. The van der Waals surface area contributed by atoms with E-state index in [0.29, 0.717) is 13.2 Å². The van der Waals surface area contributed by atoms with E-state index in [1.807, 2.05) is 18.9 Å². The van der Waals surface area contributed by atoms with Crippen LogP contribution in [0.25, 0.3) is 0 Å². The summed E-state index contributed by atoms with van der Waals surface area (Å²) >= 11 is 0. The first-order chi connectivity index (χ1) is 10.6. The minimum absolute atomic E-state index is 0.167. The second-order valence-corrected chi connectivity index (χ2v) is 5.81. The molecule has 122 valence electrons. The van der Waals surface area contributed by atoms with Gasteiger partial charge in [-0.15, -0.1) is 0 Å². The number of aliphatic carboxylic acids is 1. The lowest BCUT2D eigenvalue weighted by molar-refractivity contribution is -0.137. The molecule has 1 saturated heterocycles. The number of hydrogen-bond acceptors (Lipinski definition) is 4. The minimum atomic E-state index is -0.758. The first-order valence-corrected chi connectivity index (χ1v) is 8.01. The average molecular weight is 306 g/mol. The Morgan fingerprint density at radius 1 is 1.36 bits per heavy atom. The first-order valence-electron chi connectivity index (χ1n) is 8.01. The summed E-state index contributed by atoms with van der Waals surface area (Å²) in [5.74, 6) is 0.180. The van der Waals surface area contributed by atoms with Gasteiger partial charge < -0.3 is 19.6 Å². The summed E-state index contributed by atoms with van der Waals surface area (Å²) in [6.45, 7) is 6.12. The number of nitrogens with zero attached hydrogens (tertiary/aromatic N) is 2. The van der Waals surface area contributed by atoms with E-state index in [0.717, 1.165) is 30.9 Å². The van der Waals surface area contributed by atoms with Gasteiger partial charge in [0.05, 0.1) is 18.7 Å². The molecule has 22 heavy (non-hydrogen) atoms. The van der Waals surface area contributed by atoms with Crippen LogP contribution in [0, 0.1) is 0 Å². The third-order valence-corrected chi connectivity index (χ3v) is 3.93. The molecule has 1 aliphatic rings. The van der Waals surface area contributed by atoms with Gasteiger partial charge in [-0.1, -0.05) is 6.07 Å². The Morgan fingerprint density at radius 3 is 2.73 bits per heavy atom. The van der Waals surface area contributed by atoms with Gasteiger partial charge in [-0.05, 0) is 44.5 Å². The summed E-state index contributed by atoms with van der Waals surface area (Å²) < 4.78 is 5.82. The number of ether oxygens (including phenoxy) is 1. The van der Waals surface area contributed by atoms with Crippen molar-refractivity contribution in [2.24, 2.45) is 0 Å². The molecule has 0 atom stereocenters. The standard InChI is InChI=1S/C17H26N2O3/c1-3-22-16-12-14(13-18(2)11-8-17(20)21)6-7-15(16)19-9-4-5-10-19/h6-7,12H,3-5,8-11,13H2,1-2H3,(H,20,21). The van der Waals surface area contributed by atoms with Crippen LogP contribution in [0.3, 0.4) is 0 Å². The van der Waals surface area contributed by atoms with Crippen LogP contribution >= 0.6 is 0 Å². The lowest BCUT2D eigenvalue weighted by Gasteiger charge is -2.23. The molecule has 0 aromatic heterocycles. The molecule has 1 aromatic rings. The van der Waals surface area contributed by atoms with Crippen LogP contribution in [-0.2, 0) is 11.3 Å². The van der Waals surface area contributed by atoms with Crippen molar-refractivity contribution >= 4 is 11.7 Å². The second-order valence-electron chi connectivity index (χ2n) is 5.81. The van der Waals surface area contributed by atoms with Gasteiger partial charge in [0.25, 0.3) is 0 Å². The minimum Gasteiger partial charge on any atom is -0.492 e. The van der Waals surface area contributed by atoms with Crippen molar-refractivity contribution in [1.82, 2.24) is 4.90 Å². The number of carboxylic acids is 1.